The fraction of sp³-hybridized carbons (Fsp3) is 0.385. The molecule has 1 amide bonds. The lowest BCUT2D eigenvalue weighted by molar-refractivity contribution is -0.147. The van der Waals surface area contributed by atoms with Crippen LogP contribution < -0.4 is 5.32 Å². The lowest BCUT2D eigenvalue weighted by Gasteiger charge is -2.26. The molecule has 0 unspecified atom stereocenters. The van der Waals surface area contributed by atoms with Gasteiger partial charge in [-0.25, -0.2) is 4.79 Å². The molecular weight excluding hydrogens is 330 g/mol. The number of hydrogen-bond donors (Lipinski definition) is 1. The van der Waals surface area contributed by atoms with Crippen LogP contribution in [0.4, 0.5) is 0 Å². The summed E-state index contributed by atoms with van der Waals surface area (Å²) in [5, 5.41) is 2.84. The van der Waals surface area contributed by atoms with E-state index < -0.39 is 5.54 Å². The number of carbonyl (C=O) groups is 2. The predicted octanol–water partition coefficient (Wildman–Crippen LogP) is 2.23. The zero-order valence-electron chi connectivity index (χ0n) is 10.4. The lowest BCUT2D eigenvalue weighted by atomic mass is 9.98. The van der Waals surface area contributed by atoms with Crippen molar-refractivity contribution in [2.45, 2.75) is 12.0 Å². The first-order valence-electron chi connectivity index (χ1n) is 5.82. The maximum Gasteiger partial charge on any atom is 0.332 e. The van der Waals surface area contributed by atoms with Crippen LogP contribution >= 0.6 is 27.7 Å². The number of methoxy groups -OCH3 is 1. The molecular formula is C13H14BrNO3S. The summed E-state index contributed by atoms with van der Waals surface area (Å²) in [6.45, 7) is 0. The van der Waals surface area contributed by atoms with E-state index in [-0.39, 0.29) is 11.9 Å². The SMILES string of the molecule is COC(=O)[C@@]1(NC(=O)c2ccccc2Br)CCSC1. The molecule has 19 heavy (non-hydrogen) atoms. The Labute approximate surface area is 124 Å². The van der Waals surface area contributed by atoms with Gasteiger partial charge in [-0.3, -0.25) is 4.79 Å². The molecule has 1 aromatic carbocycles. The van der Waals surface area contributed by atoms with E-state index in [2.05, 4.69) is 21.2 Å². The minimum Gasteiger partial charge on any atom is -0.467 e. The third kappa shape index (κ3) is 2.95. The highest BCUT2D eigenvalue weighted by atomic mass is 79.9. The number of nitrogens with one attached hydrogen (secondary N) is 1. The first-order chi connectivity index (χ1) is 9.09. The van der Waals surface area contributed by atoms with E-state index in [4.69, 9.17) is 4.74 Å². The highest BCUT2D eigenvalue weighted by molar-refractivity contribution is 9.10. The van der Waals surface area contributed by atoms with Crippen molar-refractivity contribution in [3.8, 4) is 0 Å². The molecule has 102 valence electrons. The third-order valence-corrected chi connectivity index (χ3v) is 4.95. The average Bonchev–Trinajstić information content (AvgIpc) is 2.88. The molecule has 1 aliphatic heterocycles. The maximum absolute atomic E-state index is 12.3. The van der Waals surface area contributed by atoms with Crippen LogP contribution in [0.2, 0.25) is 0 Å². The second kappa shape index (κ2) is 5.96. The van der Waals surface area contributed by atoms with Gasteiger partial charge < -0.3 is 10.1 Å². The average molecular weight is 344 g/mol. The Morgan fingerprint density at radius 2 is 2.16 bits per heavy atom. The molecule has 1 aromatic rings. The van der Waals surface area contributed by atoms with Crippen molar-refractivity contribution in [3.63, 3.8) is 0 Å². The summed E-state index contributed by atoms with van der Waals surface area (Å²) in [5.41, 5.74) is -0.381. The maximum atomic E-state index is 12.3. The van der Waals surface area contributed by atoms with E-state index in [0.29, 0.717) is 22.2 Å². The highest BCUT2D eigenvalue weighted by Crippen LogP contribution is 2.30. The molecule has 1 N–H and O–H groups in total. The molecule has 0 radical (unpaired) electrons. The van der Waals surface area contributed by atoms with E-state index in [1.165, 1.54) is 7.11 Å². The highest BCUT2D eigenvalue weighted by Gasteiger charge is 2.44. The molecule has 1 atom stereocenters. The van der Waals surface area contributed by atoms with Gasteiger partial charge in [-0.15, -0.1) is 0 Å². The number of thioether (sulfide) groups is 1. The minimum atomic E-state index is -0.897. The number of benzene rings is 1. The van der Waals surface area contributed by atoms with E-state index in [1.54, 1.807) is 30.0 Å². The van der Waals surface area contributed by atoms with E-state index in [9.17, 15) is 9.59 Å². The standard InChI is InChI=1S/C13H14BrNO3S/c1-18-12(17)13(6-7-19-8-13)15-11(16)9-4-2-3-5-10(9)14/h2-5H,6-8H2,1H3,(H,15,16)/t13-/m1/s1. The van der Waals surface area contributed by atoms with Crippen LogP contribution in [0.1, 0.15) is 16.8 Å². The Morgan fingerprint density at radius 1 is 1.42 bits per heavy atom. The third-order valence-electron chi connectivity index (χ3n) is 3.07. The van der Waals surface area contributed by atoms with Gasteiger partial charge in [0, 0.05) is 10.2 Å². The minimum absolute atomic E-state index is 0.264. The molecule has 0 spiro atoms. The number of hydrogen-bond acceptors (Lipinski definition) is 4. The Hall–Kier alpha value is -1.01. The molecule has 1 heterocycles. The smallest absolute Gasteiger partial charge is 0.332 e. The normalized spacial score (nSPS) is 22.0. The summed E-state index contributed by atoms with van der Waals surface area (Å²) in [6, 6.07) is 7.13. The number of halogens is 1. The fourth-order valence-electron chi connectivity index (χ4n) is 2.00. The fourth-order valence-corrected chi connectivity index (χ4v) is 3.79. The lowest BCUT2D eigenvalue weighted by Crippen LogP contribution is -2.55. The van der Waals surface area contributed by atoms with Crippen molar-refractivity contribution in [1.82, 2.24) is 5.32 Å². The molecule has 4 nitrogen and oxygen atoms in total. The molecule has 0 aromatic heterocycles. The molecule has 1 saturated heterocycles. The van der Waals surface area contributed by atoms with Crippen LogP contribution in [0, 0.1) is 0 Å². The van der Waals surface area contributed by atoms with Crippen molar-refractivity contribution in [1.29, 1.82) is 0 Å². The second-order valence-corrected chi connectivity index (χ2v) is 6.27. The Kier molecular flexibility index (Phi) is 4.52. The molecule has 0 saturated carbocycles. The molecule has 0 bridgehead atoms. The van der Waals surface area contributed by atoms with Crippen LogP contribution in [0.25, 0.3) is 0 Å². The molecule has 1 fully saturated rings. The number of amides is 1. The number of carbonyl (C=O) groups excluding carboxylic acids is 2. The second-order valence-electron chi connectivity index (χ2n) is 4.31. The van der Waals surface area contributed by atoms with Gasteiger partial charge in [0.2, 0.25) is 0 Å². The number of ether oxygens (including phenoxy) is 1. The monoisotopic (exact) mass is 343 g/mol. The number of esters is 1. The van der Waals surface area contributed by atoms with E-state index in [1.807, 2.05) is 6.07 Å². The summed E-state index contributed by atoms with van der Waals surface area (Å²) in [6.07, 6.45) is 0.598. The predicted molar refractivity (Wildman–Crippen MR) is 78.3 cm³/mol. The van der Waals surface area contributed by atoms with E-state index >= 15 is 0 Å². The van der Waals surface area contributed by atoms with Gasteiger partial charge in [-0.2, -0.15) is 11.8 Å². The van der Waals surface area contributed by atoms with Crippen LogP contribution in [-0.2, 0) is 9.53 Å². The Bertz CT molecular complexity index is 500. The summed E-state index contributed by atoms with van der Waals surface area (Å²) >= 11 is 4.97. The molecule has 0 aliphatic carbocycles. The van der Waals surface area contributed by atoms with Gasteiger partial charge in [-0.05, 0) is 40.2 Å². The van der Waals surface area contributed by atoms with Crippen LogP contribution in [0.3, 0.4) is 0 Å². The summed E-state index contributed by atoms with van der Waals surface area (Å²) in [5.74, 6) is 0.750. The van der Waals surface area contributed by atoms with Gasteiger partial charge in [0.15, 0.2) is 0 Å². The van der Waals surface area contributed by atoms with Crippen LogP contribution in [0.15, 0.2) is 28.7 Å². The van der Waals surface area contributed by atoms with Crippen molar-refractivity contribution >= 4 is 39.6 Å². The summed E-state index contributed by atoms with van der Waals surface area (Å²) in [4.78, 5) is 24.2. The first-order valence-corrected chi connectivity index (χ1v) is 7.77. The molecule has 1 aliphatic rings. The molecule has 2 rings (SSSR count). The summed E-state index contributed by atoms with van der Waals surface area (Å²) < 4.78 is 5.53. The zero-order valence-corrected chi connectivity index (χ0v) is 12.8. The Balaban J connectivity index is 2.21. The Morgan fingerprint density at radius 3 is 2.74 bits per heavy atom. The van der Waals surface area contributed by atoms with Gasteiger partial charge in [-0.1, -0.05) is 12.1 Å². The van der Waals surface area contributed by atoms with Crippen molar-refractivity contribution < 1.29 is 14.3 Å². The largest absolute Gasteiger partial charge is 0.467 e. The quantitative estimate of drug-likeness (QED) is 0.855. The topological polar surface area (TPSA) is 55.4 Å². The van der Waals surface area contributed by atoms with Crippen LogP contribution in [0.5, 0.6) is 0 Å². The zero-order chi connectivity index (χ0) is 13.9. The summed E-state index contributed by atoms with van der Waals surface area (Å²) in [7, 11) is 1.34. The van der Waals surface area contributed by atoms with Crippen molar-refractivity contribution in [2.24, 2.45) is 0 Å². The van der Waals surface area contributed by atoms with Crippen molar-refractivity contribution in [2.75, 3.05) is 18.6 Å². The first kappa shape index (κ1) is 14.4. The van der Waals surface area contributed by atoms with Crippen LogP contribution in [-0.4, -0.2) is 36.0 Å². The van der Waals surface area contributed by atoms with Crippen molar-refractivity contribution in [3.05, 3.63) is 34.3 Å². The van der Waals surface area contributed by atoms with Gasteiger partial charge in [0.25, 0.3) is 5.91 Å². The number of rotatable bonds is 3. The van der Waals surface area contributed by atoms with Gasteiger partial charge >= 0.3 is 5.97 Å². The van der Waals surface area contributed by atoms with E-state index in [0.717, 1.165) is 5.75 Å². The van der Waals surface area contributed by atoms with Gasteiger partial charge in [0.05, 0.1) is 12.7 Å². The van der Waals surface area contributed by atoms with Gasteiger partial charge in [0.1, 0.15) is 5.54 Å². The molecule has 6 heteroatoms.